The van der Waals surface area contributed by atoms with Crippen LogP contribution in [0.3, 0.4) is 0 Å². The van der Waals surface area contributed by atoms with E-state index in [1.807, 2.05) is 18.2 Å². The maximum atomic E-state index is 6.00. The fourth-order valence-electron chi connectivity index (χ4n) is 2.45. The highest BCUT2D eigenvalue weighted by Gasteiger charge is 2.14. The van der Waals surface area contributed by atoms with Gasteiger partial charge in [0.05, 0.1) is 0 Å². The van der Waals surface area contributed by atoms with Gasteiger partial charge in [0.2, 0.25) is 0 Å². The van der Waals surface area contributed by atoms with Crippen molar-refractivity contribution in [3.8, 4) is 0 Å². The zero-order chi connectivity index (χ0) is 12.1. The number of nitrogens with zero attached hydrogens (tertiary/aromatic N) is 1. The van der Waals surface area contributed by atoms with Gasteiger partial charge in [-0.3, -0.25) is 0 Å². The molecule has 0 saturated carbocycles. The van der Waals surface area contributed by atoms with E-state index in [0.29, 0.717) is 0 Å². The molecule has 1 aromatic carbocycles. The van der Waals surface area contributed by atoms with Crippen LogP contribution in [0.1, 0.15) is 44.2 Å². The highest BCUT2D eigenvalue weighted by molar-refractivity contribution is 5.47. The Morgan fingerprint density at radius 1 is 1.12 bits per heavy atom. The van der Waals surface area contributed by atoms with Crippen molar-refractivity contribution in [1.82, 2.24) is 10.4 Å². The Kier molecular flexibility index (Phi) is 4.40. The van der Waals surface area contributed by atoms with Crippen LogP contribution >= 0.6 is 0 Å². The van der Waals surface area contributed by atoms with E-state index in [2.05, 4.69) is 23.4 Å². The maximum absolute atomic E-state index is 6.00. The van der Waals surface area contributed by atoms with E-state index in [-0.39, 0.29) is 6.04 Å². The van der Waals surface area contributed by atoms with Crippen molar-refractivity contribution < 1.29 is 0 Å². The van der Waals surface area contributed by atoms with Crippen LogP contribution in [0, 0.1) is 0 Å². The maximum Gasteiger partial charge on any atom is 0.0456 e. The molecule has 1 fully saturated rings. The van der Waals surface area contributed by atoms with Crippen molar-refractivity contribution in [2.75, 3.05) is 18.8 Å². The largest absolute Gasteiger partial charge is 0.398 e. The van der Waals surface area contributed by atoms with Gasteiger partial charge < -0.3 is 5.73 Å². The molecule has 1 aromatic rings. The number of rotatable bonds is 3. The molecule has 0 radical (unpaired) electrons. The van der Waals surface area contributed by atoms with E-state index < -0.39 is 0 Å². The smallest absolute Gasteiger partial charge is 0.0456 e. The predicted octanol–water partition coefficient (Wildman–Crippen LogP) is 2.71. The van der Waals surface area contributed by atoms with Crippen molar-refractivity contribution in [2.24, 2.45) is 0 Å². The molecule has 1 heterocycles. The lowest BCUT2D eigenvalue weighted by molar-refractivity contribution is 0.169. The highest BCUT2D eigenvalue weighted by atomic mass is 15.5. The van der Waals surface area contributed by atoms with Crippen molar-refractivity contribution in [3.05, 3.63) is 29.8 Å². The number of hydrogen-bond donors (Lipinski definition) is 2. The van der Waals surface area contributed by atoms with Crippen LogP contribution in [0.25, 0.3) is 0 Å². The zero-order valence-electron chi connectivity index (χ0n) is 10.7. The normalized spacial score (nSPS) is 19.8. The summed E-state index contributed by atoms with van der Waals surface area (Å²) in [7, 11) is 0. The number of para-hydroxylation sites is 1. The number of hydrazine groups is 1. The second-order valence-corrected chi connectivity index (χ2v) is 4.88. The molecule has 0 aromatic heterocycles. The molecular formula is C14H23N3. The van der Waals surface area contributed by atoms with Gasteiger partial charge in [-0.15, -0.1) is 0 Å². The summed E-state index contributed by atoms with van der Waals surface area (Å²) >= 11 is 0. The minimum Gasteiger partial charge on any atom is -0.398 e. The molecule has 94 valence electrons. The van der Waals surface area contributed by atoms with Crippen LogP contribution in [-0.2, 0) is 0 Å². The number of nitrogen functional groups attached to an aromatic ring is 1. The second kappa shape index (κ2) is 6.03. The predicted molar refractivity (Wildman–Crippen MR) is 72.4 cm³/mol. The van der Waals surface area contributed by atoms with Crippen molar-refractivity contribution in [2.45, 2.75) is 38.6 Å². The van der Waals surface area contributed by atoms with Gasteiger partial charge in [-0.1, -0.05) is 31.0 Å². The fraction of sp³-hybridized carbons (Fsp3) is 0.571. The molecule has 1 aliphatic rings. The van der Waals surface area contributed by atoms with E-state index >= 15 is 0 Å². The monoisotopic (exact) mass is 233 g/mol. The molecule has 0 amide bonds. The Labute approximate surface area is 104 Å². The van der Waals surface area contributed by atoms with Gasteiger partial charge in [-0.05, 0) is 31.4 Å². The highest BCUT2D eigenvalue weighted by Crippen LogP contribution is 2.20. The number of hydrogen-bond acceptors (Lipinski definition) is 3. The summed E-state index contributed by atoms with van der Waals surface area (Å²) in [6.45, 7) is 4.48. The first kappa shape index (κ1) is 12.4. The van der Waals surface area contributed by atoms with Crippen LogP contribution in [0.5, 0.6) is 0 Å². The van der Waals surface area contributed by atoms with Crippen molar-refractivity contribution >= 4 is 5.69 Å². The lowest BCUT2D eigenvalue weighted by Crippen LogP contribution is -2.40. The van der Waals surface area contributed by atoms with Gasteiger partial charge in [0, 0.05) is 24.8 Å². The van der Waals surface area contributed by atoms with Crippen LogP contribution in [0.15, 0.2) is 24.3 Å². The Morgan fingerprint density at radius 2 is 1.76 bits per heavy atom. The van der Waals surface area contributed by atoms with Crippen LogP contribution in [0.2, 0.25) is 0 Å². The standard InChI is InChI=1S/C14H23N3/c1-12(13-8-4-5-9-14(13)15)16-17-10-6-2-3-7-11-17/h4-5,8-9,12,16H,2-3,6-7,10-11,15H2,1H3. The molecule has 0 spiro atoms. The fourth-order valence-corrected chi connectivity index (χ4v) is 2.45. The van der Waals surface area contributed by atoms with Crippen LogP contribution in [0.4, 0.5) is 5.69 Å². The van der Waals surface area contributed by atoms with Gasteiger partial charge in [0.1, 0.15) is 0 Å². The third-order valence-corrected chi connectivity index (χ3v) is 3.44. The van der Waals surface area contributed by atoms with Gasteiger partial charge in [-0.25, -0.2) is 10.4 Å². The molecule has 0 aliphatic carbocycles. The molecule has 1 atom stereocenters. The third kappa shape index (κ3) is 3.45. The van der Waals surface area contributed by atoms with E-state index in [0.717, 1.165) is 18.8 Å². The molecule has 0 bridgehead atoms. The first-order valence-electron chi connectivity index (χ1n) is 6.63. The summed E-state index contributed by atoms with van der Waals surface area (Å²) in [5.74, 6) is 0. The Morgan fingerprint density at radius 3 is 2.41 bits per heavy atom. The lowest BCUT2D eigenvalue weighted by atomic mass is 10.1. The molecule has 2 rings (SSSR count). The molecule has 1 aliphatic heterocycles. The summed E-state index contributed by atoms with van der Waals surface area (Å²) in [6, 6.07) is 8.39. The van der Waals surface area contributed by atoms with Gasteiger partial charge >= 0.3 is 0 Å². The lowest BCUT2D eigenvalue weighted by Gasteiger charge is -2.26. The van der Waals surface area contributed by atoms with Gasteiger partial charge in [-0.2, -0.15) is 0 Å². The summed E-state index contributed by atoms with van der Waals surface area (Å²) in [4.78, 5) is 0. The van der Waals surface area contributed by atoms with E-state index in [9.17, 15) is 0 Å². The summed E-state index contributed by atoms with van der Waals surface area (Å²) < 4.78 is 0. The molecule has 1 saturated heterocycles. The molecule has 3 N–H and O–H groups in total. The third-order valence-electron chi connectivity index (χ3n) is 3.44. The Hall–Kier alpha value is -1.06. The van der Waals surface area contributed by atoms with Crippen LogP contribution < -0.4 is 11.2 Å². The van der Waals surface area contributed by atoms with Crippen molar-refractivity contribution in [3.63, 3.8) is 0 Å². The molecule has 3 nitrogen and oxygen atoms in total. The molecular weight excluding hydrogens is 210 g/mol. The average Bonchev–Trinajstić information content (AvgIpc) is 2.58. The minimum absolute atomic E-state index is 0.286. The first-order valence-corrected chi connectivity index (χ1v) is 6.63. The van der Waals surface area contributed by atoms with E-state index in [4.69, 9.17) is 5.73 Å². The number of anilines is 1. The number of nitrogens with two attached hydrogens (primary N) is 1. The molecule has 3 heteroatoms. The SMILES string of the molecule is CC(NN1CCCCCC1)c1ccccc1N. The Balaban J connectivity index is 1.96. The zero-order valence-corrected chi connectivity index (χ0v) is 10.7. The topological polar surface area (TPSA) is 41.3 Å². The van der Waals surface area contributed by atoms with Gasteiger partial charge in [0.15, 0.2) is 0 Å². The van der Waals surface area contributed by atoms with Crippen LogP contribution in [-0.4, -0.2) is 18.1 Å². The summed E-state index contributed by atoms with van der Waals surface area (Å²) in [5, 5.41) is 2.35. The molecule has 17 heavy (non-hydrogen) atoms. The van der Waals surface area contributed by atoms with Gasteiger partial charge in [0.25, 0.3) is 0 Å². The quantitative estimate of drug-likeness (QED) is 0.789. The minimum atomic E-state index is 0.286. The average molecular weight is 233 g/mol. The summed E-state index contributed by atoms with van der Waals surface area (Å²) in [6.07, 6.45) is 5.31. The van der Waals surface area contributed by atoms with Crippen molar-refractivity contribution in [1.29, 1.82) is 0 Å². The Bertz CT molecular complexity index is 343. The van der Waals surface area contributed by atoms with E-state index in [1.165, 1.54) is 31.2 Å². The van der Waals surface area contributed by atoms with E-state index in [1.54, 1.807) is 0 Å². The first-order chi connectivity index (χ1) is 8.27. The summed E-state index contributed by atoms with van der Waals surface area (Å²) in [5.41, 5.74) is 11.6. The second-order valence-electron chi connectivity index (χ2n) is 4.88. The number of benzene rings is 1. The molecule has 1 unspecified atom stereocenters. The number of nitrogens with one attached hydrogen (secondary N) is 1.